The number of pyridine rings is 1. The monoisotopic (exact) mass is 407 g/mol. The number of hydrogen-bond donors (Lipinski definition) is 1. The number of hydrogen-bond acceptors (Lipinski definition) is 5. The van der Waals surface area contributed by atoms with Crippen molar-refractivity contribution in [1.29, 1.82) is 0 Å². The van der Waals surface area contributed by atoms with Gasteiger partial charge < -0.3 is 10.0 Å². The Hall–Kier alpha value is -3.52. The van der Waals surface area contributed by atoms with Crippen LogP contribution in [0.2, 0.25) is 0 Å². The number of benzene rings is 1. The Balaban J connectivity index is 1.82. The number of carbonyl (C=O) groups is 1. The lowest BCUT2D eigenvalue weighted by atomic mass is 10.1. The molecule has 30 heavy (non-hydrogen) atoms. The quantitative estimate of drug-likeness (QED) is 0.617. The van der Waals surface area contributed by atoms with Gasteiger partial charge >= 0.3 is 6.09 Å². The molecule has 2 heterocycles. The van der Waals surface area contributed by atoms with E-state index in [2.05, 4.69) is 10.1 Å². The van der Waals surface area contributed by atoms with Crippen LogP contribution in [0.5, 0.6) is 0 Å². The molecule has 0 aliphatic carbocycles. The van der Waals surface area contributed by atoms with Gasteiger partial charge in [-0.25, -0.2) is 9.48 Å². The van der Waals surface area contributed by atoms with Crippen LogP contribution in [0.3, 0.4) is 0 Å². The molecule has 1 aromatic carbocycles. The van der Waals surface area contributed by atoms with E-state index in [-0.39, 0.29) is 12.1 Å². The molecule has 0 atom stereocenters. The number of anilines is 1. The molecule has 0 spiro atoms. The highest BCUT2D eigenvalue weighted by molar-refractivity contribution is 5.86. The van der Waals surface area contributed by atoms with Crippen LogP contribution in [0.4, 0.5) is 10.5 Å². The van der Waals surface area contributed by atoms with Crippen LogP contribution < -0.4 is 10.5 Å². The molecule has 0 saturated heterocycles. The third-order valence-corrected chi connectivity index (χ3v) is 4.60. The van der Waals surface area contributed by atoms with Crippen LogP contribution in [0.25, 0.3) is 11.3 Å². The normalized spacial score (nSPS) is 10.9. The maximum atomic E-state index is 12.3. The second kappa shape index (κ2) is 9.80. The average Bonchev–Trinajstić information content (AvgIpc) is 2.73. The van der Waals surface area contributed by atoms with Crippen LogP contribution in [0.1, 0.15) is 12.0 Å². The summed E-state index contributed by atoms with van der Waals surface area (Å²) in [6.45, 7) is 1.43. The second-order valence-corrected chi connectivity index (χ2v) is 7.22. The second-order valence-electron chi connectivity index (χ2n) is 7.22. The van der Waals surface area contributed by atoms with Gasteiger partial charge in [0.1, 0.15) is 0 Å². The molecule has 0 aliphatic heterocycles. The van der Waals surface area contributed by atoms with Crippen LogP contribution in [0.15, 0.2) is 65.7 Å². The predicted molar refractivity (Wildman–Crippen MR) is 116 cm³/mol. The summed E-state index contributed by atoms with van der Waals surface area (Å²) in [4.78, 5) is 31.5. The predicted octanol–water partition coefficient (Wildman–Crippen LogP) is 2.79. The first kappa shape index (κ1) is 21.2. The average molecular weight is 407 g/mol. The van der Waals surface area contributed by atoms with E-state index >= 15 is 0 Å². The highest BCUT2D eigenvalue weighted by Crippen LogP contribution is 2.18. The molecule has 0 fully saturated rings. The molecule has 1 N–H and O–H groups in total. The molecule has 8 nitrogen and oxygen atoms in total. The van der Waals surface area contributed by atoms with Gasteiger partial charge in [0.25, 0.3) is 5.56 Å². The van der Waals surface area contributed by atoms with Gasteiger partial charge in [-0.1, -0.05) is 12.1 Å². The van der Waals surface area contributed by atoms with Crippen molar-refractivity contribution in [2.24, 2.45) is 0 Å². The van der Waals surface area contributed by atoms with E-state index in [0.717, 1.165) is 24.1 Å². The Kier molecular flexibility index (Phi) is 6.92. The van der Waals surface area contributed by atoms with E-state index in [1.165, 1.54) is 15.6 Å². The summed E-state index contributed by atoms with van der Waals surface area (Å²) in [5.74, 6) is 0. The zero-order valence-corrected chi connectivity index (χ0v) is 17.1. The lowest BCUT2D eigenvalue weighted by molar-refractivity contribution is 0.201. The minimum absolute atomic E-state index is 0.228. The summed E-state index contributed by atoms with van der Waals surface area (Å²) in [6.07, 6.45) is 3.09. The summed E-state index contributed by atoms with van der Waals surface area (Å²) in [6, 6.07) is 14.0. The molecule has 8 heteroatoms. The molecule has 0 saturated carbocycles. The van der Waals surface area contributed by atoms with Crippen molar-refractivity contribution in [2.75, 3.05) is 32.1 Å². The summed E-state index contributed by atoms with van der Waals surface area (Å²) in [5, 5.41) is 14.1. The fourth-order valence-electron chi connectivity index (χ4n) is 3.11. The molecular formula is C22H25N5O3. The molecule has 0 radical (unpaired) electrons. The molecular weight excluding hydrogens is 382 g/mol. The van der Waals surface area contributed by atoms with E-state index in [9.17, 15) is 14.7 Å². The number of carboxylic acid groups (broad SMARTS) is 1. The number of nitrogens with zero attached hydrogens (tertiary/aromatic N) is 5. The van der Waals surface area contributed by atoms with Crippen molar-refractivity contribution < 1.29 is 9.90 Å². The Labute approximate surface area is 175 Å². The summed E-state index contributed by atoms with van der Waals surface area (Å²) >= 11 is 0. The third-order valence-electron chi connectivity index (χ3n) is 4.60. The first-order valence-electron chi connectivity index (χ1n) is 9.67. The lowest BCUT2D eigenvalue weighted by Gasteiger charge is -2.21. The standard InChI is InChI=1S/C22H25N5O3/c1-25(2)12-5-13-26(22(29)30)19-8-3-6-17(14-19)16-27-21(28)10-9-20(24-27)18-7-4-11-23-15-18/h3-4,6-11,14-15H,5,12-13,16H2,1-2H3,(H,29,30). The maximum absolute atomic E-state index is 12.3. The van der Waals surface area contributed by atoms with Gasteiger partial charge in [-0.3, -0.25) is 14.7 Å². The molecule has 1 amide bonds. The van der Waals surface area contributed by atoms with E-state index in [4.69, 9.17) is 0 Å². The molecule has 0 aliphatic rings. The Morgan fingerprint density at radius 2 is 1.93 bits per heavy atom. The number of aromatic nitrogens is 3. The van der Waals surface area contributed by atoms with Gasteiger partial charge in [-0.05, 0) is 63.0 Å². The molecule has 2 aromatic heterocycles. The van der Waals surface area contributed by atoms with Gasteiger partial charge in [-0.2, -0.15) is 5.10 Å². The first-order chi connectivity index (χ1) is 14.4. The van der Waals surface area contributed by atoms with E-state index in [0.29, 0.717) is 17.9 Å². The van der Waals surface area contributed by atoms with E-state index in [1.807, 2.05) is 37.2 Å². The van der Waals surface area contributed by atoms with Gasteiger partial charge in [0.15, 0.2) is 0 Å². The van der Waals surface area contributed by atoms with Crippen LogP contribution in [-0.4, -0.2) is 58.0 Å². The van der Waals surface area contributed by atoms with E-state index in [1.54, 1.807) is 36.7 Å². The molecule has 3 aromatic rings. The Bertz CT molecular complexity index is 1050. The van der Waals surface area contributed by atoms with Crippen LogP contribution >= 0.6 is 0 Å². The van der Waals surface area contributed by atoms with Crippen molar-refractivity contribution in [2.45, 2.75) is 13.0 Å². The van der Waals surface area contributed by atoms with Gasteiger partial charge in [0.2, 0.25) is 0 Å². The molecule has 0 bridgehead atoms. The summed E-state index contributed by atoms with van der Waals surface area (Å²) in [5.41, 5.74) is 2.61. The first-order valence-corrected chi connectivity index (χ1v) is 9.67. The lowest BCUT2D eigenvalue weighted by Crippen LogP contribution is -2.32. The largest absolute Gasteiger partial charge is 0.465 e. The number of rotatable bonds is 8. The van der Waals surface area contributed by atoms with Crippen molar-refractivity contribution in [3.05, 3.63) is 76.8 Å². The molecule has 0 unspecified atom stereocenters. The van der Waals surface area contributed by atoms with Gasteiger partial charge in [-0.15, -0.1) is 0 Å². The SMILES string of the molecule is CN(C)CCCN(C(=O)O)c1cccc(Cn2nc(-c3cccnc3)ccc2=O)c1. The van der Waals surface area contributed by atoms with Crippen molar-refractivity contribution in [3.63, 3.8) is 0 Å². The van der Waals surface area contributed by atoms with Crippen molar-refractivity contribution in [3.8, 4) is 11.3 Å². The third kappa shape index (κ3) is 5.51. The van der Waals surface area contributed by atoms with E-state index < -0.39 is 6.09 Å². The summed E-state index contributed by atoms with van der Waals surface area (Å²) < 4.78 is 1.37. The highest BCUT2D eigenvalue weighted by atomic mass is 16.4. The fourth-order valence-corrected chi connectivity index (χ4v) is 3.11. The maximum Gasteiger partial charge on any atom is 0.411 e. The van der Waals surface area contributed by atoms with Crippen molar-refractivity contribution in [1.82, 2.24) is 19.7 Å². The minimum atomic E-state index is -1.00. The van der Waals surface area contributed by atoms with Crippen LogP contribution in [0, 0.1) is 0 Å². The molecule has 3 rings (SSSR count). The number of amides is 1. The minimum Gasteiger partial charge on any atom is -0.465 e. The highest BCUT2D eigenvalue weighted by Gasteiger charge is 2.15. The zero-order valence-electron chi connectivity index (χ0n) is 17.1. The summed E-state index contributed by atoms with van der Waals surface area (Å²) in [7, 11) is 3.91. The van der Waals surface area contributed by atoms with Crippen molar-refractivity contribution >= 4 is 11.8 Å². The Morgan fingerprint density at radius 1 is 1.10 bits per heavy atom. The van der Waals surface area contributed by atoms with Gasteiger partial charge in [0.05, 0.1) is 12.2 Å². The molecule has 156 valence electrons. The smallest absolute Gasteiger partial charge is 0.411 e. The Morgan fingerprint density at radius 3 is 2.63 bits per heavy atom. The topological polar surface area (TPSA) is 91.6 Å². The van der Waals surface area contributed by atoms with Gasteiger partial charge in [0, 0.05) is 36.3 Å². The van der Waals surface area contributed by atoms with Crippen LogP contribution in [-0.2, 0) is 6.54 Å². The fraction of sp³-hybridized carbons (Fsp3) is 0.273. The zero-order chi connectivity index (χ0) is 21.5.